The van der Waals surface area contributed by atoms with Crippen molar-refractivity contribution in [2.24, 2.45) is 0 Å². The zero-order valence-corrected chi connectivity index (χ0v) is 11.1. The summed E-state index contributed by atoms with van der Waals surface area (Å²) < 4.78 is 29.6. The minimum absolute atomic E-state index is 0.0513. The summed E-state index contributed by atoms with van der Waals surface area (Å²) >= 11 is 1.33. The van der Waals surface area contributed by atoms with Gasteiger partial charge in [0.25, 0.3) is 6.43 Å². The fourth-order valence-corrected chi connectivity index (χ4v) is 2.55. The van der Waals surface area contributed by atoms with Gasteiger partial charge in [-0.05, 0) is 12.5 Å². The van der Waals surface area contributed by atoms with E-state index in [-0.39, 0.29) is 11.3 Å². The van der Waals surface area contributed by atoms with Crippen molar-refractivity contribution < 1.29 is 18.3 Å². The van der Waals surface area contributed by atoms with Crippen LogP contribution in [0.5, 0.6) is 0 Å². The summed E-state index contributed by atoms with van der Waals surface area (Å²) in [5.41, 5.74) is 0.842. The van der Waals surface area contributed by atoms with Crippen LogP contribution < -0.4 is 0 Å². The van der Waals surface area contributed by atoms with Gasteiger partial charge in [0.15, 0.2) is 5.69 Å². The SMILES string of the molecule is COC(=O)c1nc(C)sc1-c1ccc(C(F)F)cc1. The van der Waals surface area contributed by atoms with Crippen molar-refractivity contribution in [3.63, 3.8) is 0 Å². The van der Waals surface area contributed by atoms with Crippen LogP contribution in [-0.4, -0.2) is 18.1 Å². The first-order valence-corrected chi connectivity index (χ1v) is 6.28. The third-order valence-electron chi connectivity index (χ3n) is 2.54. The molecular formula is C13H11F2NO2S. The molecular weight excluding hydrogens is 272 g/mol. The lowest BCUT2D eigenvalue weighted by molar-refractivity contribution is 0.0595. The first-order chi connectivity index (χ1) is 9.02. The van der Waals surface area contributed by atoms with E-state index in [4.69, 9.17) is 0 Å². The van der Waals surface area contributed by atoms with Gasteiger partial charge in [0.1, 0.15) is 0 Å². The largest absolute Gasteiger partial charge is 0.464 e. The Kier molecular flexibility index (Phi) is 3.90. The van der Waals surface area contributed by atoms with Crippen molar-refractivity contribution in [2.45, 2.75) is 13.3 Å². The van der Waals surface area contributed by atoms with Crippen LogP contribution in [0.2, 0.25) is 0 Å². The van der Waals surface area contributed by atoms with Gasteiger partial charge >= 0.3 is 5.97 Å². The van der Waals surface area contributed by atoms with Crippen molar-refractivity contribution >= 4 is 17.3 Å². The Balaban J connectivity index is 2.44. The van der Waals surface area contributed by atoms with Crippen LogP contribution in [0.1, 0.15) is 27.5 Å². The topological polar surface area (TPSA) is 39.2 Å². The summed E-state index contributed by atoms with van der Waals surface area (Å²) in [5, 5.41) is 0.716. The normalized spacial score (nSPS) is 10.8. The number of hydrogen-bond donors (Lipinski definition) is 0. The molecule has 0 saturated carbocycles. The molecule has 2 aromatic rings. The number of carbonyl (C=O) groups excluding carboxylic acids is 1. The van der Waals surface area contributed by atoms with Crippen LogP contribution >= 0.6 is 11.3 Å². The van der Waals surface area contributed by atoms with Crippen LogP contribution in [0.3, 0.4) is 0 Å². The van der Waals surface area contributed by atoms with E-state index in [1.807, 2.05) is 0 Å². The summed E-state index contributed by atoms with van der Waals surface area (Å²) in [7, 11) is 1.28. The highest BCUT2D eigenvalue weighted by molar-refractivity contribution is 7.15. The third kappa shape index (κ3) is 2.78. The highest BCUT2D eigenvalue weighted by Gasteiger charge is 2.19. The third-order valence-corrected chi connectivity index (χ3v) is 3.56. The second-order valence-corrected chi connectivity index (χ2v) is 5.03. The van der Waals surface area contributed by atoms with Crippen LogP contribution in [0.15, 0.2) is 24.3 Å². The average Bonchev–Trinajstić information content (AvgIpc) is 2.80. The van der Waals surface area contributed by atoms with Gasteiger partial charge in [0.05, 0.1) is 17.0 Å². The summed E-state index contributed by atoms with van der Waals surface area (Å²) in [5.74, 6) is -0.530. The number of aryl methyl sites for hydroxylation is 1. The van der Waals surface area contributed by atoms with Gasteiger partial charge in [-0.15, -0.1) is 11.3 Å². The maximum absolute atomic E-state index is 12.5. The molecule has 19 heavy (non-hydrogen) atoms. The number of methoxy groups -OCH3 is 1. The molecule has 2 rings (SSSR count). The second-order valence-electron chi connectivity index (χ2n) is 3.82. The standard InChI is InChI=1S/C13H11F2NO2S/c1-7-16-10(13(17)18-2)11(19-7)8-3-5-9(6-4-8)12(14)15/h3-6,12H,1-2H3. The average molecular weight is 283 g/mol. The molecule has 0 amide bonds. The van der Waals surface area contributed by atoms with Crippen LogP contribution in [0.25, 0.3) is 10.4 Å². The first kappa shape index (κ1) is 13.6. The van der Waals surface area contributed by atoms with E-state index in [0.29, 0.717) is 15.4 Å². The van der Waals surface area contributed by atoms with Gasteiger partial charge in [0.2, 0.25) is 0 Å². The Labute approximate surface area is 112 Å². The van der Waals surface area contributed by atoms with Crippen molar-refractivity contribution in [1.82, 2.24) is 4.98 Å². The number of rotatable bonds is 3. The van der Waals surface area contributed by atoms with Gasteiger partial charge in [-0.2, -0.15) is 0 Å². The van der Waals surface area contributed by atoms with E-state index in [0.717, 1.165) is 0 Å². The lowest BCUT2D eigenvalue weighted by atomic mass is 10.1. The van der Waals surface area contributed by atoms with E-state index in [2.05, 4.69) is 9.72 Å². The van der Waals surface area contributed by atoms with E-state index >= 15 is 0 Å². The van der Waals surface area contributed by atoms with Crippen molar-refractivity contribution in [3.8, 4) is 10.4 Å². The Bertz CT molecular complexity index is 593. The Morgan fingerprint density at radius 1 is 1.32 bits per heavy atom. The van der Waals surface area contributed by atoms with Crippen LogP contribution in [-0.2, 0) is 4.74 Å². The van der Waals surface area contributed by atoms with E-state index in [9.17, 15) is 13.6 Å². The number of ether oxygens (including phenoxy) is 1. The van der Waals surface area contributed by atoms with Gasteiger partial charge in [0, 0.05) is 5.56 Å². The lowest BCUT2D eigenvalue weighted by Crippen LogP contribution is -2.03. The zero-order valence-electron chi connectivity index (χ0n) is 10.3. The molecule has 1 heterocycles. The molecule has 0 N–H and O–H groups in total. The Morgan fingerprint density at radius 3 is 2.47 bits per heavy atom. The number of thiazole rings is 1. The number of nitrogens with zero attached hydrogens (tertiary/aromatic N) is 1. The lowest BCUT2D eigenvalue weighted by Gasteiger charge is -2.03. The van der Waals surface area contributed by atoms with Crippen LogP contribution in [0.4, 0.5) is 8.78 Å². The van der Waals surface area contributed by atoms with Crippen molar-refractivity contribution in [3.05, 3.63) is 40.5 Å². The summed E-state index contributed by atoms with van der Waals surface area (Å²) in [6.45, 7) is 1.77. The fourth-order valence-electron chi connectivity index (χ4n) is 1.64. The molecule has 0 spiro atoms. The number of aromatic nitrogens is 1. The van der Waals surface area contributed by atoms with Crippen molar-refractivity contribution in [2.75, 3.05) is 7.11 Å². The first-order valence-electron chi connectivity index (χ1n) is 5.47. The highest BCUT2D eigenvalue weighted by atomic mass is 32.1. The molecule has 0 bridgehead atoms. The molecule has 0 aliphatic rings. The molecule has 0 aliphatic carbocycles. The number of alkyl halides is 2. The maximum Gasteiger partial charge on any atom is 0.358 e. The van der Waals surface area contributed by atoms with E-state index < -0.39 is 12.4 Å². The molecule has 0 fully saturated rings. The van der Waals surface area contributed by atoms with E-state index in [1.165, 1.54) is 30.6 Å². The second kappa shape index (κ2) is 5.44. The minimum atomic E-state index is -2.50. The predicted octanol–water partition coefficient (Wildman–Crippen LogP) is 3.84. The monoisotopic (exact) mass is 283 g/mol. The number of esters is 1. The van der Waals surface area contributed by atoms with Crippen LogP contribution in [0, 0.1) is 6.92 Å². The Morgan fingerprint density at radius 2 is 1.95 bits per heavy atom. The molecule has 3 nitrogen and oxygen atoms in total. The molecule has 0 radical (unpaired) electrons. The molecule has 0 unspecified atom stereocenters. The van der Waals surface area contributed by atoms with Crippen molar-refractivity contribution in [1.29, 1.82) is 0 Å². The molecule has 1 aromatic carbocycles. The van der Waals surface area contributed by atoms with Gasteiger partial charge < -0.3 is 4.74 Å². The minimum Gasteiger partial charge on any atom is -0.464 e. The molecule has 0 aliphatic heterocycles. The quantitative estimate of drug-likeness (QED) is 0.803. The van der Waals surface area contributed by atoms with Gasteiger partial charge in [-0.3, -0.25) is 0 Å². The maximum atomic E-state index is 12.5. The smallest absolute Gasteiger partial charge is 0.358 e. The molecule has 1 aromatic heterocycles. The molecule has 0 atom stereocenters. The number of benzene rings is 1. The molecule has 0 saturated heterocycles. The zero-order chi connectivity index (χ0) is 14.0. The Hall–Kier alpha value is -1.82. The van der Waals surface area contributed by atoms with E-state index in [1.54, 1.807) is 19.1 Å². The predicted molar refractivity (Wildman–Crippen MR) is 68.6 cm³/mol. The number of halogens is 2. The summed E-state index contributed by atoms with van der Waals surface area (Å²) in [6, 6.07) is 5.80. The van der Waals surface area contributed by atoms with Gasteiger partial charge in [-0.25, -0.2) is 18.6 Å². The summed E-state index contributed by atoms with van der Waals surface area (Å²) in [6.07, 6.45) is -2.50. The fraction of sp³-hybridized carbons (Fsp3) is 0.231. The molecule has 6 heteroatoms. The number of carbonyl (C=O) groups is 1. The molecule has 100 valence electrons. The number of hydrogen-bond acceptors (Lipinski definition) is 4. The summed E-state index contributed by atoms with van der Waals surface area (Å²) in [4.78, 5) is 16.3. The highest BCUT2D eigenvalue weighted by Crippen LogP contribution is 2.31. The van der Waals surface area contributed by atoms with Gasteiger partial charge in [-0.1, -0.05) is 24.3 Å².